The van der Waals surface area contributed by atoms with E-state index in [1.807, 2.05) is 18.2 Å². The van der Waals surface area contributed by atoms with Crippen molar-refractivity contribution >= 4 is 5.69 Å². The molecule has 0 N–H and O–H groups in total. The summed E-state index contributed by atoms with van der Waals surface area (Å²) in [6.45, 7) is 1.16. The molecule has 2 heteroatoms. The lowest BCUT2D eigenvalue weighted by Gasteiger charge is -2.31. The Hall–Kier alpha value is -1.49. The first-order valence-electron chi connectivity index (χ1n) is 7.15. The molecule has 3 rings (SSSR count). The molecule has 94 valence electrons. The highest BCUT2D eigenvalue weighted by Crippen LogP contribution is 2.37. The number of benzene rings is 1. The molecule has 1 aliphatic heterocycles. The van der Waals surface area contributed by atoms with Crippen LogP contribution in [0.1, 0.15) is 44.1 Å². The quantitative estimate of drug-likeness (QED) is 0.787. The van der Waals surface area contributed by atoms with Crippen LogP contribution in [0, 0.1) is 17.2 Å². The normalized spacial score (nSPS) is 24.4. The van der Waals surface area contributed by atoms with Gasteiger partial charge in [0.1, 0.15) is 0 Å². The summed E-state index contributed by atoms with van der Waals surface area (Å²) in [5.41, 5.74) is 2.04. The summed E-state index contributed by atoms with van der Waals surface area (Å²) in [5, 5.41) is 9.01. The molecule has 1 saturated carbocycles. The zero-order chi connectivity index (χ0) is 12.4. The minimum Gasteiger partial charge on any atom is -0.368 e. The molecule has 0 bridgehead atoms. The number of anilines is 1. The lowest BCUT2D eigenvalue weighted by atomic mass is 9.95. The molecule has 1 unspecified atom stereocenters. The van der Waals surface area contributed by atoms with Gasteiger partial charge in [-0.3, -0.25) is 0 Å². The van der Waals surface area contributed by atoms with Gasteiger partial charge >= 0.3 is 0 Å². The third kappa shape index (κ3) is 2.10. The maximum absolute atomic E-state index is 9.01. The Morgan fingerprint density at radius 2 is 1.94 bits per heavy atom. The number of nitriles is 1. The summed E-state index contributed by atoms with van der Waals surface area (Å²) in [4.78, 5) is 2.55. The Bertz CT molecular complexity index is 454. The highest BCUT2D eigenvalue weighted by atomic mass is 15.2. The van der Waals surface area contributed by atoms with E-state index < -0.39 is 0 Å². The van der Waals surface area contributed by atoms with Crippen LogP contribution in [0.5, 0.6) is 0 Å². The standard InChI is InChI=1S/C16H20N2/c17-12-13-5-3-8-15(11-13)18-10-4-9-16(18)14-6-1-2-7-14/h3,5,8,11,14,16H,1-2,4,6-7,9-10H2. The van der Waals surface area contributed by atoms with Crippen LogP contribution in [0.4, 0.5) is 5.69 Å². The fourth-order valence-electron chi connectivity index (χ4n) is 3.70. The Labute approximate surface area is 109 Å². The van der Waals surface area contributed by atoms with Crippen LogP contribution in [-0.4, -0.2) is 12.6 Å². The second kappa shape index (κ2) is 5.02. The first kappa shape index (κ1) is 11.6. The molecule has 0 radical (unpaired) electrons. The summed E-state index contributed by atoms with van der Waals surface area (Å²) in [7, 11) is 0. The Morgan fingerprint density at radius 3 is 2.72 bits per heavy atom. The third-order valence-electron chi connectivity index (χ3n) is 4.55. The van der Waals surface area contributed by atoms with Gasteiger partial charge in [-0.1, -0.05) is 18.9 Å². The number of hydrogen-bond acceptors (Lipinski definition) is 2. The van der Waals surface area contributed by atoms with Gasteiger partial charge in [-0.05, 0) is 49.8 Å². The molecule has 2 fully saturated rings. The average Bonchev–Trinajstić information content (AvgIpc) is 3.09. The summed E-state index contributed by atoms with van der Waals surface area (Å²) in [6, 6.07) is 11.1. The molecule has 1 aromatic rings. The van der Waals surface area contributed by atoms with E-state index in [-0.39, 0.29) is 0 Å². The van der Waals surface area contributed by atoms with Crippen molar-refractivity contribution in [2.24, 2.45) is 5.92 Å². The van der Waals surface area contributed by atoms with E-state index >= 15 is 0 Å². The van der Waals surface area contributed by atoms with Crippen LogP contribution in [0.3, 0.4) is 0 Å². The van der Waals surface area contributed by atoms with Crippen LogP contribution in [0.15, 0.2) is 24.3 Å². The molecule has 1 saturated heterocycles. The highest BCUT2D eigenvalue weighted by molar-refractivity contribution is 5.53. The lowest BCUT2D eigenvalue weighted by molar-refractivity contribution is 0.431. The van der Waals surface area contributed by atoms with Crippen molar-refractivity contribution < 1.29 is 0 Å². The van der Waals surface area contributed by atoms with Crippen LogP contribution in [0.25, 0.3) is 0 Å². The Morgan fingerprint density at radius 1 is 1.11 bits per heavy atom. The van der Waals surface area contributed by atoms with Gasteiger partial charge in [-0.25, -0.2) is 0 Å². The molecule has 1 aromatic carbocycles. The lowest BCUT2D eigenvalue weighted by Crippen LogP contribution is -2.34. The zero-order valence-corrected chi connectivity index (χ0v) is 10.8. The van der Waals surface area contributed by atoms with Crippen molar-refractivity contribution in [3.63, 3.8) is 0 Å². The fourth-order valence-corrected chi connectivity index (χ4v) is 3.70. The van der Waals surface area contributed by atoms with Crippen LogP contribution < -0.4 is 4.90 Å². The van der Waals surface area contributed by atoms with Crippen molar-refractivity contribution in [3.8, 4) is 6.07 Å². The largest absolute Gasteiger partial charge is 0.368 e. The Balaban J connectivity index is 1.83. The summed E-state index contributed by atoms with van der Waals surface area (Å²) >= 11 is 0. The second-order valence-electron chi connectivity index (χ2n) is 5.61. The molecular formula is C16H20N2. The predicted molar refractivity (Wildman–Crippen MR) is 73.5 cm³/mol. The van der Waals surface area contributed by atoms with Gasteiger partial charge in [0.15, 0.2) is 0 Å². The molecule has 1 heterocycles. The van der Waals surface area contributed by atoms with Gasteiger partial charge in [-0.2, -0.15) is 5.26 Å². The van der Waals surface area contributed by atoms with Crippen molar-refractivity contribution in [3.05, 3.63) is 29.8 Å². The van der Waals surface area contributed by atoms with Crippen molar-refractivity contribution in [2.75, 3.05) is 11.4 Å². The number of hydrogen-bond donors (Lipinski definition) is 0. The topological polar surface area (TPSA) is 27.0 Å². The van der Waals surface area contributed by atoms with Crippen molar-refractivity contribution in [1.29, 1.82) is 5.26 Å². The van der Waals surface area contributed by atoms with E-state index in [1.54, 1.807) is 0 Å². The first-order chi connectivity index (χ1) is 8.88. The van der Waals surface area contributed by atoms with E-state index in [1.165, 1.54) is 44.2 Å². The van der Waals surface area contributed by atoms with Gasteiger partial charge in [0.2, 0.25) is 0 Å². The van der Waals surface area contributed by atoms with Crippen LogP contribution in [0.2, 0.25) is 0 Å². The molecule has 0 aromatic heterocycles. The van der Waals surface area contributed by atoms with Gasteiger partial charge in [0, 0.05) is 18.3 Å². The van der Waals surface area contributed by atoms with E-state index in [9.17, 15) is 0 Å². The average molecular weight is 240 g/mol. The molecule has 18 heavy (non-hydrogen) atoms. The molecular weight excluding hydrogens is 220 g/mol. The summed E-state index contributed by atoms with van der Waals surface area (Å²) in [6.07, 6.45) is 8.26. The van der Waals surface area contributed by atoms with Gasteiger partial charge < -0.3 is 4.90 Å². The molecule has 2 nitrogen and oxygen atoms in total. The van der Waals surface area contributed by atoms with Gasteiger partial charge in [0.05, 0.1) is 11.6 Å². The molecule has 1 atom stereocenters. The first-order valence-corrected chi connectivity index (χ1v) is 7.15. The van der Waals surface area contributed by atoms with E-state index in [4.69, 9.17) is 5.26 Å². The maximum atomic E-state index is 9.01. The number of rotatable bonds is 2. The minimum absolute atomic E-state index is 0.724. The summed E-state index contributed by atoms with van der Waals surface area (Å²) in [5.74, 6) is 0.887. The van der Waals surface area contributed by atoms with E-state index in [2.05, 4.69) is 17.0 Å². The third-order valence-corrected chi connectivity index (χ3v) is 4.55. The zero-order valence-electron chi connectivity index (χ0n) is 10.8. The second-order valence-corrected chi connectivity index (χ2v) is 5.61. The van der Waals surface area contributed by atoms with E-state index in [0.29, 0.717) is 0 Å². The molecule has 0 spiro atoms. The molecule has 0 amide bonds. The fraction of sp³-hybridized carbons (Fsp3) is 0.562. The SMILES string of the molecule is N#Cc1cccc(N2CCCC2C2CCCC2)c1. The van der Waals surface area contributed by atoms with E-state index in [0.717, 1.165) is 24.1 Å². The maximum Gasteiger partial charge on any atom is 0.0992 e. The van der Waals surface area contributed by atoms with Crippen molar-refractivity contribution in [2.45, 2.75) is 44.6 Å². The molecule has 1 aliphatic carbocycles. The van der Waals surface area contributed by atoms with Crippen LogP contribution in [-0.2, 0) is 0 Å². The number of nitrogens with zero attached hydrogens (tertiary/aromatic N) is 2. The molecule has 2 aliphatic rings. The van der Waals surface area contributed by atoms with Crippen molar-refractivity contribution in [1.82, 2.24) is 0 Å². The van der Waals surface area contributed by atoms with Gasteiger partial charge in [-0.15, -0.1) is 0 Å². The minimum atomic E-state index is 0.724. The predicted octanol–water partition coefficient (Wildman–Crippen LogP) is 3.72. The Kier molecular flexibility index (Phi) is 3.23. The van der Waals surface area contributed by atoms with Crippen LogP contribution >= 0.6 is 0 Å². The monoisotopic (exact) mass is 240 g/mol. The highest BCUT2D eigenvalue weighted by Gasteiger charge is 2.33. The van der Waals surface area contributed by atoms with Gasteiger partial charge in [0.25, 0.3) is 0 Å². The summed E-state index contributed by atoms with van der Waals surface area (Å²) < 4.78 is 0. The smallest absolute Gasteiger partial charge is 0.0992 e.